The van der Waals surface area contributed by atoms with Crippen molar-refractivity contribution in [2.75, 3.05) is 6.61 Å². The van der Waals surface area contributed by atoms with Crippen molar-refractivity contribution in [2.45, 2.75) is 75.9 Å². The smallest absolute Gasteiger partial charge is 0.261 e. The number of rotatable bonds is 3. The lowest BCUT2D eigenvalue weighted by Crippen LogP contribution is -2.51. The fourth-order valence-electron chi connectivity index (χ4n) is 4.76. The molecule has 0 spiro atoms. The third-order valence-electron chi connectivity index (χ3n) is 6.10. The van der Waals surface area contributed by atoms with E-state index in [9.17, 15) is 9.59 Å². The van der Waals surface area contributed by atoms with E-state index in [4.69, 9.17) is 4.74 Å². The van der Waals surface area contributed by atoms with Crippen molar-refractivity contribution in [1.29, 1.82) is 0 Å². The summed E-state index contributed by atoms with van der Waals surface area (Å²) in [6.07, 6.45) is 9.71. The average molecular weight is 435 g/mol. The molecule has 2 saturated carbocycles. The SMILES string of the molecule is O=C(NC1CCCC1)C1c2cc(Br)ccc2OCC(=O)N1C1CCCCC1. The Balaban J connectivity index is 1.71. The van der Waals surface area contributed by atoms with Gasteiger partial charge in [0.2, 0.25) is 5.91 Å². The van der Waals surface area contributed by atoms with E-state index in [0.717, 1.165) is 61.4 Å². The highest BCUT2D eigenvalue weighted by atomic mass is 79.9. The van der Waals surface area contributed by atoms with E-state index in [-0.39, 0.29) is 30.5 Å². The molecular weight excluding hydrogens is 408 g/mol. The number of benzene rings is 1. The van der Waals surface area contributed by atoms with Gasteiger partial charge < -0.3 is 15.0 Å². The molecule has 0 aromatic heterocycles. The first-order valence-electron chi connectivity index (χ1n) is 10.2. The Morgan fingerprint density at radius 1 is 1.07 bits per heavy atom. The summed E-state index contributed by atoms with van der Waals surface area (Å²) in [7, 11) is 0. The van der Waals surface area contributed by atoms with E-state index in [2.05, 4.69) is 21.2 Å². The molecule has 1 N–H and O–H groups in total. The van der Waals surface area contributed by atoms with Crippen LogP contribution in [0.5, 0.6) is 5.75 Å². The highest BCUT2D eigenvalue weighted by Gasteiger charge is 2.41. The van der Waals surface area contributed by atoms with Crippen LogP contribution in [0.1, 0.15) is 69.4 Å². The number of nitrogens with one attached hydrogen (secondary N) is 1. The van der Waals surface area contributed by atoms with E-state index in [1.54, 1.807) is 0 Å². The van der Waals surface area contributed by atoms with Crippen molar-refractivity contribution >= 4 is 27.7 Å². The molecule has 2 amide bonds. The average Bonchev–Trinajstić information content (AvgIpc) is 3.13. The highest BCUT2D eigenvalue weighted by molar-refractivity contribution is 9.10. The van der Waals surface area contributed by atoms with Crippen LogP contribution in [0.15, 0.2) is 22.7 Å². The maximum atomic E-state index is 13.4. The Labute approximate surface area is 169 Å². The predicted molar refractivity (Wildman–Crippen MR) is 106 cm³/mol. The van der Waals surface area contributed by atoms with Crippen molar-refractivity contribution in [2.24, 2.45) is 0 Å². The zero-order valence-electron chi connectivity index (χ0n) is 15.6. The molecule has 6 heteroatoms. The summed E-state index contributed by atoms with van der Waals surface area (Å²) in [5, 5.41) is 3.22. The van der Waals surface area contributed by atoms with E-state index in [1.807, 2.05) is 23.1 Å². The molecule has 5 nitrogen and oxygen atoms in total. The molecule has 0 saturated heterocycles. The summed E-state index contributed by atoms with van der Waals surface area (Å²) in [4.78, 5) is 28.3. The highest BCUT2D eigenvalue weighted by Crippen LogP contribution is 2.38. The van der Waals surface area contributed by atoms with Gasteiger partial charge in [0.25, 0.3) is 5.91 Å². The Bertz CT molecular complexity index is 711. The number of hydrogen-bond donors (Lipinski definition) is 1. The summed E-state index contributed by atoms with van der Waals surface area (Å²) < 4.78 is 6.69. The molecular formula is C21H27BrN2O3. The van der Waals surface area contributed by atoms with Gasteiger partial charge in [0.1, 0.15) is 11.8 Å². The normalized spacial score (nSPS) is 24.3. The predicted octanol–water partition coefficient (Wildman–Crippen LogP) is 4.10. The van der Waals surface area contributed by atoms with Gasteiger partial charge >= 0.3 is 0 Å². The van der Waals surface area contributed by atoms with Crippen LogP contribution in [0.3, 0.4) is 0 Å². The van der Waals surface area contributed by atoms with Crippen molar-refractivity contribution in [1.82, 2.24) is 10.2 Å². The zero-order chi connectivity index (χ0) is 18.8. The Hall–Kier alpha value is -1.56. The first-order valence-corrected chi connectivity index (χ1v) is 11.0. The van der Waals surface area contributed by atoms with Crippen molar-refractivity contribution in [3.05, 3.63) is 28.2 Å². The lowest BCUT2D eigenvalue weighted by atomic mass is 9.91. The van der Waals surface area contributed by atoms with E-state index in [0.29, 0.717) is 5.75 Å². The van der Waals surface area contributed by atoms with Crippen LogP contribution < -0.4 is 10.1 Å². The topological polar surface area (TPSA) is 58.6 Å². The summed E-state index contributed by atoms with van der Waals surface area (Å²) in [5.74, 6) is 0.489. The molecule has 1 aromatic carbocycles. The summed E-state index contributed by atoms with van der Waals surface area (Å²) >= 11 is 3.52. The minimum Gasteiger partial charge on any atom is -0.483 e. The Morgan fingerprint density at radius 3 is 2.52 bits per heavy atom. The molecule has 1 heterocycles. The largest absolute Gasteiger partial charge is 0.483 e. The number of carbonyl (C=O) groups is 2. The quantitative estimate of drug-likeness (QED) is 0.778. The van der Waals surface area contributed by atoms with Crippen LogP contribution in [0.4, 0.5) is 0 Å². The maximum absolute atomic E-state index is 13.4. The summed E-state index contributed by atoms with van der Waals surface area (Å²) in [6.45, 7) is -0.00165. The lowest BCUT2D eigenvalue weighted by Gasteiger charge is -2.38. The van der Waals surface area contributed by atoms with Crippen LogP contribution in [0, 0.1) is 0 Å². The molecule has 2 aliphatic carbocycles. The number of nitrogens with zero attached hydrogens (tertiary/aromatic N) is 1. The molecule has 2 fully saturated rings. The molecule has 1 aliphatic heterocycles. The van der Waals surface area contributed by atoms with Gasteiger partial charge in [-0.1, -0.05) is 48.0 Å². The van der Waals surface area contributed by atoms with Crippen LogP contribution in [0.2, 0.25) is 0 Å². The van der Waals surface area contributed by atoms with Gasteiger partial charge in [0, 0.05) is 22.1 Å². The number of fused-ring (bicyclic) bond motifs is 1. The zero-order valence-corrected chi connectivity index (χ0v) is 17.2. The first kappa shape index (κ1) is 18.8. The molecule has 1 aromatic rings. The second-order valence-corrected chi connectivity index (χ2v) is 8.87. The van der Waals surface area contributed by atoms with Crippen LogP contribution in [-0.2, 0) is 9.59 Å². The molecule has 146 valence electrons. The van der Waals surface area contributed by atoms with Crippen LogP contribution in [-0.4, -0.2) is 35.4 Å². The Kier molecular flexibility index (Phi) is 5.71. The molecule has 0 radical (unpaired) electrons. The van der Waals surface area contributed by atoms with Gasteiger partial charge in [0.05, 0.1) is 0 Å². The van der Waals surface area contributed by atoms with Gasteiger partial charge in [-0.05, 0) is 43.9 Å². The number of amides is 2. The van der Waals surface area contributed by atoms with Gasteiger partial charge in [-0.3, -0.25) is 9.59 Å². The monoisotopic (exact) mass is 434 g/mol. The fraction of sp³-hybridized carbons (Fsp3) is 0.619. The number of halogens is 1. The van der Waals surface area contributed by atoms with Gasteiger partial charge in [0.15, 0.2) is 6.61 Å². The van der Waals surface area contributed by atoms with E-state index in [1.165, 1.54) is 6.42 Å². The summed E-state index contributed by atoms with van der Waals surface area (Å²) in [5.41, 5.74) is 0.788. The first-order chi connectivity index (χ1) is 13.1. The van der Waals surface area contributed by atoms with Crippen LogP contribution in [0.25, 0.3) is 0 Å². The number of carbonyl (C=O) groups excluding carboxylic acids is 2. The molecule has 1 unspecified atom stereocenters. The maximum Gasteiger partial charge on any atom is 0.261 e. The minimum absolute atomic E-state index is 0.00165. The third-order valence-corrected chi connectivity index (χ3v) is 6.59. The van der Waals surface area contributed by atoms with Crippen molar-refractivity contribution in [3.8, 4) is 5.75 Å². The second kappa shape index (κ2) is 8.21. The third kappa shape index (κ3) is 4.00. The summed E-state index contributed by atoms with van der Waals surface area (Å²) in [6, 6.07) is 5.40. The van der Waals surface area contributed by atoms with Crippen molar-refractivity contribution in [3.63, 3.8) is 0 Å². The standard InChI is InChI=1S/C21H27BrN2O3/c22-14-10-11-18-17(12-14)20(21(26)23-15-6-4-5-7-15)24(19(25)13-27-18)16-8-2-1-3-9-16/h10-12,15-16,20H,1-9,13H2,(H,23,26). The molecule has 0 bridgehead atoms. The minimum atomic E-state index is -0.615. The van der Waals surface area contributed by atoms with Crippen molar-refractivity contribution < 1.29 is 14.3 Å². The fourth-order valence-corrected chi connectivity index (χ4v) is 5.14. The van der Waals surface area contributed by atoms with Crippen LogP contribution >= 0.6 is 15.9 Å². The molecule has 1 atom stereocenters. The molecule has 27 heavy (non-hydrogen) atoms. The Morgan fingerprint density at radius 2 is 1.78 bits per heavy atom. The van der Waals surface area contributed by atoms with Gasteiger partial charge in [-0.25, -0.2) is 0 Å². The van der Waals surface area contributed by atoms with Gasteiger partial charge in [-0.15, -0.1) is 0 Å². The second-order valence-electron chi connectivity index (χ2n) is 7.96. The van der Waals surface area contributed by atoms with Gasteiger partial charge in [-0.2, -0.15) is 0 Å². The molecule has 3 aliphatic rings. The van der Waals surface area contributed by atoms with E-state index >= 15 is 0 Å². The lowest BCUT2D eigenvalue weighted by molar-refractivity contribution is -0.145. The molecule has 4 rings (SSSR count). The number of ether oxygens (including phenoxy) is 1. The number of hydrogen-bond acceptors (Lipinski definition) is 3. The van der Waals surface area contributed by atoms with E-state index < -0.39 is 6.04 Å².